The van der Waals surface area contributed by atoms with Crippen LogP contribution in [0.25, 0.3) is 0 Å². The van der Waals surface area contributed by atoms with Crippen molar-refractivity contribution in [2.24, 2.45) is 0 Å². The molecule has 1 saturated heterocycles. The van der Waals surface area contributed by atoms with Crippen LogP contribution in [0.4, 0.5) is 0 Å². The van der Waals surface area contributed by atoms with Crippen molar-refractivity contribution < 1.29 is 4.79 Å². The summed E-state index contributed by atoms with van der Waals surface area (Å²) in [4.78, 5) is 12.5. The molecule has 0 unspecified atom stereocenters. The van der Waals surface area contributed by atoms with Crippen molar-refractivity contribution in [3.8, 4) is 0 Å². The summed E-state index contributed by atoms with van der Waals surface area (Å²) in [5.41, 5.74) is 0.709. The zero-order chi connectivity index (χ0) is 15.8. The molecule has 3 nitrogen and oxygen atoms in total. The maximum absolute atomic E-state index is 12.5. The van der Waals surface area contributed by atoms with Crippen LogP contribution in [0.5, 0.6) is 0 Å². The number of carbonyl (C=O) groups excluding carboxylic acids is 1. The highest BCUT2D eigenvalue weighted by Gasteiger charge is 2.38. The lowest BCUT2D eigenvalue weighted by molar-refractivity contribution is 0.0872. The van der Waals surface area contributed by atoms with Gasteiger partial charge >= 0.3 is 0 Å². The molecule has 1 fully saturated rings. The Morgan fingerprint density at radius 1 is 1.19 bits per heavy atom. The molecule has 0 atom stereocenters. The van der Waals surface area contributed by atoms with Crippen molar-refractivity contribution >= 4 is 37.8 Å². The number of carbonyl (C=O) groups is 1. The summed E-state index contributed by atoms with van der Waals surface area (Å²) in [6.45, 7) is 8.73. The van der Waals surface area contributed by atoms with Crippen LogP contribution in [0, 0.1) is 0 Å². The van der Waals surface area contributed by atoms with Crippen LogP contribution in [0.1, 0.15) is 50.9 Å². The largest absolute Gasteiger partial charge is 0.349 e. The molecule has 0 bridgehead atoms. The van der Waals surface area contributed by atoms with Crippen LogP contribution >= 0.6 is 31.9 Å². The third-order valence-electron chi connectivity index (χ3n) is 3.70. The minimum Gasteiger partial charge on any atom is -0.349 e. The minimum absolute atomic E-state index is 0.0220. The molecule has 2 N–H and O–H groups in total. The first-order valence-electron chi connectivity index (χ1n) is 7.13. The first-order valence-corrected chi connectivity index (χ1v) is 8.72. The monoisotopic (exact) mass is 416 g/mol. The lowest BCUT2D eigenvalue weighted by Gasteiger charge is -2.46. The fraction of sp³-hybridized carbons (Fsp3) is 0.562. The summed E-state index contributed by atoms with van der Waals surface area (Å²) in [6.07, 6.45) is 1.85. The maximum Gasteiger partial charge on any atom is 0.252 e. The SMILES string of the molecule is CC1(C)CC(NC(=O)c2cc(Br)ccc2Br)CC(C)(C)N1. The van der Waals surface area contributed by atoms with Gasteiger partial charge in [-0.05, 0) is 74.7 Å². The number of benzene rings is 1. The number of hydrogen-bond donors (Lipinski definition) is 2. The normalized spacial score (nSPS) is 21.0. The smallest absolute Gasteiger partial charge is 0.252 e. The van der Waals surface area contributed by atoms with Gasteiger partial charge in [-0.15, -0.1) is 0 Å². The molecule has 0 saturated carbocycles. The van der Waals surface area contributed by atoms with Gasteiger partial charge in [0.15, 0.2) is 0 Å². The highest BCUT2D eigenvalue weighted by molar-refractivity contribution is 9.11. The van der Waals surface area contributed by atoms with E-state index in [0.717, 1.165) is 21.8 Å². The van der Waals surface area contributed by atoms with Crippen LogP contribution in [0.3, 0.4) is 0 Å². The molecule has 5 heteroatoms. The van der Waals surface area contributed by atoms with Gasteiger partial charge in [-0.2, -0.15) is 0 Å². The second kappa shape index (κ2) is 6.01. The third-order valence-corrected chi connectivity index (χ3v) is 4.88. The van der Waals surface area contributed by atoms with E-state index in [2.05, 4.69) is 70.2 Å². The van der Waals surface area contributed by atoms with E-state index in [1.54, 1.807) is 0 Å². The second-order valence-corrected chi connectivity index (χ2v) is 8.87. The molecular weight excluding hydrogens is 396 g/mol. The van der Waals surface area contributed by atoms with E-state index in [9.17, 15) is 4.79 Å². The summed E-state index contributed by atoms with van der Waals surface area (Å²) >= 11 is 6.86. The Kier molecular flexibility index (Phi) is 4.86. The van der Waals surface area contributed by atoms with Crippen LogP contribution in [-0.2, 0) is 0 Å². The number of hydrogen-bond acceptors (Lipinski definition) is 2. The van der Waals surface area contributed by atoms with Crippen molar-refractivity contribution in [3.63, 3.8) is 0 Å². The summed E-state index contributed by atoms with van der Waals surface area (Å²) in [5, 5.41) is 6.81. The van der Waals surface area contributed by atoms with E-state index in [1.807, 2.05) is 18.2 Å². The van der Waals surface area contributed by atoms with E-state index in [-0.39, 0.29) is 23.0 Å². The van der Waals surface area contributed by atoms with Gasteiger partial charge in [-0.25, -0.2) is 0 Å². The van der Waals surface area contributed by atoms with Gasteiger partial charge in [0.05, 0.1) is 5.56 Å². The predicted octanol–water partition coefficient (Wildman–Crippen LogP) is 4.25. The van der Waals surface area contributed by atoms with Crippen LogP contribution in [-0.4, -0.2) is 23.0 Å². The summed E-state index contributed by atoms with van der Waals surface area (Å²) in [7, 11) is 0. The van der Waals surface area contributed by atoms with Crippen molar-refractivity contribution in [3.05, 3.63) is 32.7 Å². The summed E-state index contributed by atoms with van der Waals surface area (Å²) in [6, 6.07) is 5.82. The zero-order valence-corrected chi connectivity index (χ0v) is 16.1. The molecule has 1 heterocycles. The van der Waals surface area contributed by atoms with E-state index in [0.29, 0.717) is 5.56 Å². The molecule has 1 aromatic rings. The number of nitrogens with one attached hydrogen (secondary N) is 2. The van der Waals surface area contributed by atoms with E-state index < -0.39 is 0 Å². The number of amides is 1. The van der Waals surface area contributed by atoms with Gasteiger partial charge < -0.3 is 10.6 Å². The lowest BCUT2D eigenvalue weighted by atomic mass is 9.79. The molecule has 1 aliphatic rings. The molecule has 0 radical (unpaired) electrons. The number of halogens is 2. The van der Waals surface area contributed by atoms with Crippen molar-refractivity contribution in [2.45, 2.75) is 57.7 Å². The van der Waals surface area contributed by atoms with Gasteiger partial charge in [0.2, 0.25) is 0 Å². The molecule has 0 spiro atoms. The standard InChI is InChI=1S/C16H22Br2N2O/c1-15(2)8-11(9-16(3,4)20-15)19-14(21)12-7-10(17)5-6-13(12)18/h5-7,11,20H,8-9H2,1-4H3,(H,19,21). The van der Waals surface area contributed by atoms with Crippen molar-refractivity contribution in [1.82, 2.24) is 10.6 Å². The van der Waals surface area contributed by atoms with Crippen molar-refractivity contribution in [1.29, 1.82) is 0 Å². The first-order chi connectivity index (χ1) is 9.58. The fourth-order valence-electron chi connectivity index (χ4n) is 3.36. The molecule has 2 rings (SSSR count). The van der Waals surface area contributed by atoms with Crippen molar-refractivity contribution in [2.75, 3.05) is 0 Å². The Morgan fingerprint density at radius 2 is 1.76 bits per heavy atom. The van der Waals surface area contributed by atoms with Gasteiger partial charge in [0.25, 0.3) is 5.91 Å². The Morgan fingerprint density at radius 3 is 2.33 bits per heavy atom. The highest BCUT2D eigenvalue weighted by Crippen LogP contribution is 2.29. The van der Waals surface area contributed by atoms with E-state index >= 15 is 0 Å². The molecule has 1 aliphatic heterocycles. The van der Waals surface area contributed by atoms with Gasteiger partial charge in [0.1, 0.15) is 0 Å². The van der Waals surface area contributed by atoms with Gasteiger partial charge in [0, 0.05) is 26.1 Å². The lowest BCUT2D eigenvalue weighted by Crippen LogP contribution is -2.62. The Bertz CT molecular complexity index is 539. The zero-order valence-electron chi connectivity index (χ0n) is 12.9. The number of rotatable bonds is 2. The van der Waals surface area contributed by atoms with E-state index in [4.69, 9.17) is 0 Å². The average Bonchev–Trinajstić information content (AvgIpc) is 2.27. The molecule has 0 aliphatic carbocycles. The first kappa shape index (κ1) is 17.0. The predicted molar refractivity (Wildman–Crippen MR) is 93.6 cm³/mol. The molecular formula is C16H22Br2N2O. The third kappa shape index (κ3) is 4.54. The van der Waals surface area contributed by atoms with Crippen LogP contribution in [0.15, 0.2) is 27.1 Å². The Hall–Kier alpha value is -0.390. The van der Waals surface area contributed by atoms with Crippen LogP contribution in [0.2, 0.25) is 0 Å². The second-order valence-electron chi connectivity index (χ2n) is 7.10. The molecule has 0 aromatic heterocycles. The summed E-state index contributed by atoms with van der Waals surface area (Å²) < 4.78 is 1.72. The van der Waals surface area contributed by atoms with Crippen LogP contribution < -0.4 is 10.6 Å². The Balaban J connectivity index is 2.14. The topological polar surface area (TPSA) is 41.1 Å². The van der Waals surface area contributed by atoms with Gasteiger partial charge in [-0.1, -0.05) is 15.9 Å². The average molecular weight is 418 g/mol. The maximum atomic E-state index is 12.5. The molecule has 1 amide bonds. The fourth-order valence-corrected chi connectivity index (χ4v) is 4.15. The number of piperidine rings is 1. The minimum atomic E-state index is -0.0262. The van der Waals surface area contributed by atoms with E-state index in [1.165, 1.54) is 0 Å². The molecule has 116 valence electrons. The quantitative estimate of drug-likeness (QED) is 0.754. The van der Waals surface area contributed by atoms with Gasteiger partial charge in [-0.3, -0.25) is 4.79 Å². The summed E-state index contributed by atoms with van der Waals surface area (Å²) in [5.74, 6) is -0.0262. The molecule has 21 heavy (non-hydrogen) atoms. The highest BCUT2D eigenvalue weighted by atomic mass is 79.9. The molecule has 1 aromatic carbocycles. The Labute approximate surface area is 143 Å².